The maximum Gasteiger partial charge on any atom is 0.172 e. The van der Waals surface area contributed by atoms with Crippen molar-refractivity contribution >= 4 is 16.9 Å². The zero-order valence-electron chi connectivity index (χ0n) is 27.6. The van der Waals surface area contributed by atoms with E-state index in [1.54, 1.807) is 32.0 Å². The molecule has 0 aromatic heterocycles. The number of carboxylic acid groups (broad SMARTS) is 1. The minimum absolute atomic E-state index is 0.0912. The summed E-state index contributed by atoms with van der Waals surface area (Å²) in [6.45, 7) is 15.6. The van der Waals surface area contributed by atoms with Gasteiger partial charge in [-0.05, 0) is 68.2 Å². The van der Waals surface area contributed by atoms with Crippen LogP contribution >= 0.6 is 0 Å². The molecule has 42 heavy (non-hydrogen) atoms. The van der Waals surface area contributed by atoms with Gasteiger partial charge in [-0.2, -0.15) is 0 Å². The third-order valence-electron chi connectivity index (χ3n) is 7.44. The van der Waals surface area contributed by atoms with Gasteiger partial charge in [0.15, 0.2) is 14.7 Å². The molecule has 0 unspecified atom stereocenters. The van der Waals surface area contributed by atoms with Crippen LogP contribution in [0.2, 0.25) is 0 Å². The lowest BCUT2D eigenvalue weighted by molar-refractivity contribution is -0.305. The Kier molecular flexibility index (Phi) is 16.7. The highest BCUT2D eigenvalue weighted by Gasteiger charge is 2.37. The van der Waals surface area contributed by atoms with Crippen LogP contribution in [0.15, 0.2) is 69.3 Å². The van der Waals surface area contributed by atoms with Crippen LogP contribution in [0, 0.1) is 0 Å². The van der Waals surface area contributed by atoms with Gasteiger partial charge in [-0.1, -0.05) is 129 Å². The molecule has 0 aliphatic carbocycles. The summed E-state index contributed by atoms with van der Waals surface area (Å²) in [6, 6.07) is 21.8. The van der Waals surface area contributed by atoms with Gasteiger partial charge in [0, 0.05) is 28.2 Å². The number of carbonyl (C=O) groups is 1. The number of aliphatic carboxylic acids is 1. The Hall–Kier alpha value is -2.52. The lowest BCUT2D eigenvalue weighted by Crippen LogP contribution is -2.19. The Bertz CT molecular complexity index is 1090. The standard InChI is InChI=1S/C36H51S.C3H6O2/c1-7-16-28-24-30(18-9-3)35(31(25-28)19-10-4)37(34-22-14-13-15-23-34)36-32(20-11-5)26-29(17-8-2)27-33(36)21-12-6;1-2-3(4)5/h13-15,22-27H,7-12,16-21H2,1-6H3;2H2,1H3,(H,4,5)/q+1;/p-1. The van der Waals surface area contributed by atoms with Crippen molar-refractivity contribution in [2.24, 2.45) is 0 Å². The van der Waals surface area contributed by atoms with Gasteiger partial charge in [0.05, 0.1) is 0 Å². The van der Waals surface area contributed by atoms with Gasteiger partial charge in [0.2, 0.25) is 0 Å². The molecule has 3 aromatic rings. The smallest absolute Gasteiger partial charge is 0.172 e. The van der Waals surface area contributed by atoms with E-state index in [0.717, 1.165) is 0 Å². The first-order chi connectivity index (χ1) is 20.4. The third kappa shape index (κ3) is 10.3. The van der Waals surface area contributed by atoms with Gasteiger partial charge < -0.3 is 9.90 Å². The summed E-state index contributed by atoms with van der Waals surface area (Å²) in [5.41, 5.74) is 9.49. The second-order valence-corrected chi connectivity index (χ2v) is 13.2. The minimum atomic E-state index is -0.995. The number of rotatable bonds is 16. The molecule has 0 saturated carbocycles. The Balaban J connectivity index is 0.00000113. The SMILES string of the molecule is CCC(=O)[O-].CCCc1cc(CCC)c([S+](c2ccccc2)c2c(CCC)cc(CCC)cc2CCC)c(CCC)c1. The molecule has 0 aliphatic rings. The molecule has 3 rings (SSSR count). The molecule has 0 heterocycles. The Morgan fingerprint density at radius 3 is 1.12 bits per heavy atom. The van der Waals surface area contributed by atoms with Gasteiger partial charge in [-0.25, -0.2) is 0 Å². The first kappa shape index (κ1) is 35.7. The summed E-state index contributed by atoms with van der Waals surface area (Å²) in [6.07, 6.45) is 14.3. The molecular formula is C39H56O2S. The average Bonchev–Trinajstić information content (AvgIpc) is 2.97. The number of carboxylic acids is 1. The molecule has 3 heteroatoms. The van der Waals surface area contributed by atoms with Crippen LogP contribution in [-0.2, 0) is 54.2 Å². The van der Waals surface area contributed by atoms with Crippen molar-refractivity contribution < 1.29 is 9.90 Å². The fraction of sp³-hybridized carbons (Fsp3) is 0.513. The second-order valence-electron chi connectivity index (χ2n) is 11.3. The summed E-state index contributed by atoms with van der Waals surface area (Å²) in [4.78, 5) is 14.0. The van der Waals surface area contributed by atoms with Crippen LogP contribution in [0.1, 0.15) is 127 Å². The first-order valence-electron chi connectivity index (χ1n) is 16.7. The highest BCUT2D eigenvalue weighted by atomic mass is 32.2. The van der Waals surface area contributed by atoms with Crippen molar-refractivity contribution in [3.05, 3.63) is 88.0 Å². The summed E-state index contributed by atoms with van der Waals surface area (Å²) < 4.78 is 0. The van der Waals surface area contributed by atoms with Crippen LogP contribution in [0.5, 0.6) is 0 Å². The zero-order chi connectivity index (χ0) is 30.9. The maximum absolute atomic E-state index is 9.26. The highest BCUT2D eigenvalue weighted by Crippen LogP contribution is 2.41. The van der Waals surface area contributed by atoms with Gasteiger partial charge in [0.1, 0.15) is 10.9 Å². The van der Waals surface area contributed by atoms with E-state index >= 15 is 0 Å². The van der Waals surface area contributed by atoms with Gasteiger partial charge in [0.25, 0.3) is 0 Å². The molecule has 0 bridgehead atoms. The Labute approximate surface area is 260 Å². The third-order valence-corrected chi connectivity index (χ3v) is 10.0. The average molecular weight is 589 g/mol. The normalized spacial score (nSPS) is 11.0. The molecule has 2 nitrogen and oxygen atoms in total. The molecule has 0 fully saturated rings. The van der Waals surface area contributed by atoms with Crippen LogP contribution < -0.4 is 5.11 Å². The minimum Gasteiger partial charge on any atom is -0.550 e. The molecule has 230 valence electrons. The van der Waals surface area contributed by atoms with Crippen LogP contribution in [0.3, 0.4) is 0 Å². The maximum atomic E-state index is 9.26. The first-order valence-corrected chi connectivity index (χ1v) is 17.9. The van der Waals surface area contributed by atoms with Gasteiger partial charge in [-0.3, -0.25) is 0 Å². The lowest BCUT2D eigenvalue weighted by atomic mass is 9.97. The van der Waals surface area contributed by atoms with Crippen molar-refractivity contribution in [3.8, 4) is 0 Å². The number of hydrogen-bond donors (Lipinski definition) is 0. The molecule has 3 aromatic carbocycles. The number of benzene rings is 3. The molecule has 0 saturated heterocycles. The molecular weight excluding hydrogens is 532 g/mol. The summed E-state index contributed by atoms with van der Waals surface area (Å²) in [5.74, 6) is -0.995. The fourth-order valence-electron chi connectivity index (χ4n) is 5.76. The summed E-state index contributed by atoms with van der Waals surface area (Å²) >= 11 is 0. The largest absolute Gasteiger partial charge is 0.550 e. The van der Waals surface area contributed by atoms with Gasteiger partial charge in [-0.15, -0.1) is 0 Å². The van der Waals surface area contributed by atoms with E-state index < -0.39 is 5.97 Å². The molecule has 0 N–H and O–H groups in total. The van der Waals surface area contributed by atoms with E-state index in [0.29, 0.717) is 0 Å². The molecule has 0 spiro atoms. The van der Waals surface area contributed by atoms with Crippen molar-refractivity contribution in [2.45, 2.75) is 147 Å². The molecule has 0 radical (unpaired) electrons. The quantitative estimate of drug-likeness (QED) is 0.156. The number of aryl methyl sites for hydroxylation is 6. The van der Waals surface area contributed by atoms with Gasteiger partial charge >= 0.3 is 0 Å². The van der Waals surface area contributed by atoms with Crippen molar-refractivity contribution in [2.75, 3.05) is 0 Å². The van der Waals surface area contributed by atoms with E-state index in [-0.39, 0.29) is 17.3 Å². The highest BCUT2D eigenvalue weighted by molar-refractivity contribution is 7.97. The predicted molar refractivity (Wildman–Crippen MR) is 181 cm³/mol. The van der Waals surface area contributed by atoms with Crippen molar-refractivity contribution in [1.29, 1.82) is 0 Å². The summed E-state index contributed by atoms with van der Waals surface area (Å²) in [7, 11) is -0.0912. The number of carbonyl (C=O) groups excluding carboxylic acids is 1. The second kappa shape index (κ2) is 19.6. The topological polar surface area (TPSA) is 40.1 Å². The van der Waals surface area contributed by atoms with Crippen molar-refractivity contribution in [3.63, 3.8) is 0 Å². The van der Waals surface area contributed by atoms with Crippen molar-refractivity contribution in [1.82, 2.24) is 0 Å². The fourth-order valence-corrected chi connectivity index (χ4v) is 8.56. The Morgan fingerprint density at radius 2 is 0.857 bits per heavy atom. The molecule has 0 aliphatic heterocycles. The van der Waals surface area contributed by atoms with Crippen LogP contribution in [-0.4, -0.2) is 5.97 Å². The zero-order valence-corrected chi connectivity index (χ0v) is 28.4. The molecule has 0 atom stereocenters. The van der Waals surface area contributed by atoms with E-state index in [2.05, 4.69) is 96.1 Å². The monoisotopic (exact) mass is 588 g/mol. The van der Waals surface area contributed by atoms with E-state index in [4.69, 9.17) is 0 Å². The van der Waals surface area contributed by atoms with Crippen LogP contribution in [0.4, 0.5) is 0 Å². The van der Waals surface area contributed by atoms with Crippen LogP contribution in [0.25, 0.3) is 0 Å². The molecule has 0 amide bonds. The van der Waals surface area contributed by atoms with E-state index in [9.17, 15) is 9.90 Å². The number of hydrogen-bond acceptors (Lipinski definition) is 2. The van der Waals surface area contributed by atoms with E-state index in [1.807, 2.05) is 0 Å². The lowest BCUT2D eigenvalue weighted by Gasteiger charge is -2.22. The van der Waals surface area contributed by atoms with E-state index in [1.165, 1.54) is 100.0 Å². The Morgan fingerprint density at radius 1 is 0.548 bits per heavy atom. The summed E-state index contributed by atoms with van der Waals surface area (Å²) in [5, 5.41) is 9.26. The predicted octanol–water partition coefficient (Wildman–Crippen LogP) is 9.64.